The van der Waals surface area contributed by atoms with Crippen molar-refractivity contribution in [2.75, 3.05) is 7.11 Å². The molecule has 1 rings (SSSR count). The largest absolute Gasteiger partial charge is 0.494 e. The Hall–Kier alpha value is -1.58. The van der Waals surface area contributed by atoms with E-state index in [4.69, 9.17) is 10.6 Å². The van der Waals surface area contributed by atoms with Crippen LogP contribution in [0.1, 0.15) is 12.5 Å². The van der Waals surface area contributed by atoms with Gasteiger partial charge in [-0.25, -0.2) is 4.39 Å². The van der Waals surface area contributed by atoms with E-state index in [0.29, 0.717) is 5.71 Å². The van der Waals surface area contributed by atoms with Crippen molar-refractivity contribution < 1.29 is 9.13 Å². The highest BCUT2D eigenvalue weighted by molar-refractivity contribution is 5.98. The Labute approximate surface area is 76.0 Å². The van der Waals surface area contributed by atoms with Crippen LogP contribution in [0.5, 0.6) is 5.75 Å². The Bertz CT molecular complexity index is 336. The first kappa shape index (κ1) is 9.51. The Morgan fingerprint density at radius 3 is 2.77 bits per heavy atom. The summed E-state index contributed by atoms with van der Waals surface area (Å²) in [7, 11) is 1.41. The SMILES string of the molecule is COc1cc(/C(C)=N/N)ccc1F. The van der Waals surface area contributed by atoms with Gasteiger partial charge in [-0.2, -0.15) is 5.10 Å². The summed E-state index contributed by atoms with van der Waals surface area (Å²) in [6.45, 7) is 1.74. The number of hydrazone groups is 1. The quantitative estimate of drug-likeness (QED) is 0.428. The molecule has 1 aromatic carbocycles. The molecule has 70 valence electrons. The van der Waals surface area contributed by atoms with E-state index in [-0.39, 0.29) is 5.75 Å². The molecule has 13 heavy (non-hydrogen) atoms. The highest BCUT2D eigenvalue weighted by atomic mass is 19.1. The van der Waals surface area contributed by atoms with Crippen LogP contribution >= 0.6 is 0 Å². The van der Waals surface area contributed by atoms with E-state index >= 15 is 0 Å². The van der Waals surface area contributed by atoms with Gasteiger partial charge in [0.2, 0.25) is 0 Å². The fraction of sp³-hybridized carbons (Fsp3) is 0.222. The van der Waals surface area contributed by atoms with E-state index in [0.717, 1.165) is 5.56 Å². The lowest BCUT2D eigenvalue weighted by atomic mass is 10.1. The second kappa shape index (κ2) is 3.89. The fourth-order valence-corrected chi connectivity index (χ4v) is 0.959. The van der Waals surface area contributed by atoms with Gasteiger partial charge in [-0.3, -0.25) is 0 Å². The first-order valence-electron chi connectivity index (χ1n) is 3.77. The van der Waals surface area contributed by atoms with Crippen molar-refractivity contribution in [3.05, 3.63) is 29.6 Å². The van der Waals surface area contributed by atoms with Gasteiger partial charge >= 0.3 is 0 Å². The van der Waals surface area contributed by atoms with Crippen LogP contribution in [0.2, 0.25) is 0 Å². The van der Waals surface area contributed by atoms with Crippen molar-refractivity contribution in [3.63, 3.8) is 0 Å². The van der Waals surface area contributed by atoms with E-state index in [1.807, 2.05) is 0 Å². The third-order valence-electron chi connectivity index (χ3n) is 1.76. The normalized spacial score (nSPS) is 11.5. The summed E-state index contributed by atoms with van der Waals surface area (Å²) in [5.41, 5.74) is 1.39. The molecule has 0 unspecified atom stereocenters. The minimum Gasteiger partial charge on any atom is -0.494 e. The summed E-state index contributed by atoms with van der Waals surface area (Å²) in [4.78, 5) is 0. The molecule has 0 amide bonds. The zero-order chi connectivity index (χ0) is 9.84. The third-order valence-corrected chi connectivity index (χ3v) is 1.76. The van der Waals surface area contributed by atoms with E-state index in [1.54, 1.807) is 19.1 Å². The van der Waals surface area contributed by atoms with Gasteiger partial charge in [0.15, 0.2) is 11.6 Å². The van der Waals surface area contributed by atoms with Crippen LogP contribution in [0, 0.1) is 5.82 Å². The van der Waals surface area contributed by atoms with Crippen molar-refractivity contribution in [2.45, 2.75) is 6.92 Å². The number of methoxy groups -OCH3 is 1. The zero-order valence-electron chi connectivity index (χ0n) is 7.54. The molecule has 4 heteroatoms. The van der Waals surface area contributed by atoms with E-state index in [9.17, 15) is 4.39 Å². The Balaban J connectivity index is 3.13. The van der Waals surface area contributed by atoms with Gasteiger partial charge in [-0.05, 0) is 25.1 Å². The molecule has 0 fully saturated rings. The van der Waals surface area contributed by atoms with Crippen molar-refractivity contribution in [2.24, 2.45) is 10.9 Å². The molecule has 3 nitrogen and oxygen atoms in total. The monoisotopic (exact) mass is 182 g/mol. The molecule has 0 heterocycles. The number of nitrogens with zero attached hydrogens (tertiary/aromatic N) is 1. The highest BCUT2D eigenvalue weighted by Gasteiger charge is 2.04. The summed E-state index contributed by atoms with van der Waals surface area (Å²) >= 11 is 0. The summed E-state index contributed by atoms with van der Waals surface area (Å²) in [6.07, 6.45) is 0. The molecule has 0 aliphatic rings. The van der Waals surface area contributed by atoms with Gasteiger partial charge < -0.3 is 10.6 Å². The second-order valence-electron chi connectivity index (χ2n) is 2.56. The van der Waals surface area contributed by atoms with E-state index in [2.05, 4.69) is 5.10 Å². The lowest BCUT2D eigenvalue weighted by Gasteiger charge is -2.04. The molecular formula is C9H11FN2O. The lowest BCUT2D eigenvalue weighted by Crippen LogP contribution is -2.00. The summed E-state index contributed by atoms with van der Waals surface area (Å²) in [6, 6.07) is 4.48. The molecule has 0 spiro atoms. The van der Waals surface area contributed by atoms with Crippen LogP contribution < -0.4 is 10.6 Å². The summed E-state index contributed by atoms with van der Waals surface area (Å²) in [5, 5.41) is 3.50. The molecule has 0 atom stereocenters. The maximum absolute atomic E-state index is 12.9. The maximum atomic E-state index is 12.9. The topological polar surface area (TPSA) is 47.6 Å². The predicted octanol–water partition coefficient (Wildman–Crippen LogP) is 1.52. The van der Waals surface area contributed by atoms with Crippen molar-refractivity contribution >= 4 is 5.71 Å². The number of ether oxygens (including phenoxy) is 1. The summed E-state index contributed by atoms with van der Waals surface area (Å²) < 4.78 is 17.8. The zero-order valence-corrected chi connectivity index (χ0v) is 7.54. The number of nitrogens with two attached hydrogens (primary N) is 1. The minimum absolute atomic E-state index is 0.195. The maximum Gasteiger partial charge on any atom is 0.165 e. The van der Waals surface area contributed by atoms with E-state index < -0.39 is 5.82 Å². The third kappa shape index (κ3) is 1.96. The predicted molar refractivity (Wildman–Crippen MR) is 49.4 cm³/mol. The molecule has 0 aliphatic heterocycles. The molecule has 2 N–H and O–H groups in total. The molecular weight excluding hydrogens is 171 g/mol. The van der Waals surface area contributed by atoms with Crippen molar-refractivity contribution in [3.8, 4) is 5.75 Å². The van der Waals surface area contributed by atoms with Gasteiger partial charge in [0, 0.05) is 5.56 Å². The molecule has 0 aromatic heterocycles. The number of benzene rings is 1. The van der Waals surface area contributed by atoms with Crippen LogP contribution in [0.25, 0.3) is 0 Å². The van der Waals surface area contributed by atoms with Crippen LogP contribution in [0.15, 0.2) is 23.3 Å². The first-order valence-corrected chi connectivity index (χ1v) is 3.77. The van der Waals surface area contributed by atoms with Crippen molar-refractivity contribution in [1.29, 1.82) is 0 Å². The molecule has 0 bridgehead atoms. The average molecular weight is 182 g/mol. The Kier molecular flexibility index (Phi) is 2.84. The first-order chi connectivity index (χ1) is 6.19. The van der Waals surface area contributed by atoms with Crippen LogP contribution in [0.4, 0.5) is 4.39 Å². The van der Waals surface area contributed by atoms with Crippen LogP contribution in [0.3, 0.4) is 0 Å². The van der Waals surface area contributed by atoms with Gasteiger partial charge in [0.05, 0.1) is 12.8 Å². The van der Waals surface area contributed by atoms with Gasteiger partial charge in [0.25, 0.3) is 0 Å². The number of hydrogen-bond acceptors (Lipinski definition) is 3. The Morgan fingerprint density at radius 1 is 1.54 bits per heavy atom. The lowest BCUT2D eigenvalue weighted by molar-refractivity contribution is 0.386. The highest BCUT2D eigenvalue weighted by Crippen LogP contribution is 2.18. The molecule has 0 saturated heterocycles. The molecule has 0 saturated carbocycles. The average Bonchev–Trinajstić information content (AvgIpc) is 2.17. The van der Waals surface area contributed by atoms with Crippen molar-refractivity contribution in [1.82, 2.24) is 0 Å². The number of hydrogen-bond donors (Lipinski definition) is 1. The Morgan fingerprint density at radius 2 is 2.23 bits per heavy atom. The second-order valence-corrected chi connectivity index (χ2v) is 2.56. The van der Waals surface area contributed by atoms with Crippen LogP contribution in [-0.4, -0.2) is 12.8 Å². The fourth-order valence-electron chi connectivity index (χ4n) is 0.959. The van der Waals surface area contributed by atoms with Crippen LogP contribution in [-0.2, 0) is 0 Å². The molecule has 0 radical (unpaired) electrons. The van der Waals surface area contributed by atoms with Gasteiger partial charge in [-0.1, -0.05) is 0 Å². The van der Waals surface area contributed by atoms with Gasteiger partial charge in [-0.15, -0.1) is 0 Å². The van der Waals surface area contributed by atoms with E-state index in [1.165, 1.54) is 13.2 Å². The molecule has 1 aromatic rings. The standard InChI is InChI=1S/C9H11FN2O/c1-6(12-11)7-3-4-8(10)9(5-7)13-2/h3-5H,11H2,1-2H3/b12-6+. The summed E-state index contributed by atoms with van der Waals surface area (Å²) in [5.74, 6) is 4.89. The minimum atomic E-state index is -0.393. The smallest absolute Gasteiger partial charge is 0.165 e. The number of rotatable bonds is 2. The molecule has 0 aliphatic carbocycles. The number of halogens is 1. The van der Waals surface area contributed by atoms with Gasteiger partial charge in [0.1, 0.15) is 0 Å².